The van der Waals surface area contributed by atoms with E-state index in [9.17, 15) is 19.2 Å². The number of piperidine rings is 1. The van der Waals surface area contributed by atoms with E-state index in [-0.39, 0.29) is 30.6 Å². The zero-order valence-electron chi connectivity index (χ0n) is 12.0. The summed E-state index contributed by atoms with van der Waals surface area (Å²) in [5.74, 6) is -1.47. The number of amides is 4. The van der Waals surface area contributed by atoms with Gasteiger partial charge in [0.2, 0.25) is 17.7 Å². The van der Waals surface area contributed by atoms with Crippen molar-refractivity contribution in [3.8, 4) is 0 Å². The van der Waals surface area contributed by atoms with Crippen LogP contribution >= 0.6 is 0 Å². The number of hydrogen-bond acceptors (Lipinski definition) is 4. The molecule has 2 heterocycles. The van der Waals surface area contributed by atoms with Crippen LogP contribution < -0.4 is 10.6 Å². The summed E-state index contributed by atoms with van der Waals surface area (Å²) in [4.78, 5) is 48.8. The van der Waals surface area contributed by atoms with Crippen LogP contribution in [0, 0.1) is 0 Å². The predicted octanol–water partition coefficient (Wildman–Crippen LogP) is 0.0823. The van der Waals surface area contributed by atoms with E-state index in [0.29, 0.717) is 11.1 Å². The summed E-state index contributed by atoms with van der Waals surface area (Å²) in [6.45, 7) is 1.36. The minimum Gasteiger partial charge on any atom is -0.332 e. The first-order valence-electron chi connectivity index (χ1n) is 7.01. The first kappa shape index (κ1) is 14.2. The fourth-order valence-electron chi connectivity index (χ4n) is 2.95. The van der Waals surface area contributed by atoms with Crippen molar-refractivity contribution in [2.75, 3.05) is 0 Å². The van der Waals surface area contributed by atoms with Crippen LogP contribution in [0.25, 0.3) is 0 Å². The molecule has 3 rings (SSSR count). The lowest BCUT2D eigenvalue weighted by molar-refractivity contribution is -0.138. The predicted molar refractivity (Wildman–Crippen MR) is 75.3 cm³/mol. The summed E-state index contributed by atoms with van der Waals surface area (Å²) in [6, 6.07) is 6.15. The molecule has 0 spiro atoms. The molecule has 0 aliphatic carbocycles. The Kier molecular flexibility index (Phi) is 3.40. The third-order valence-corrected chi connectivity index (χ3v) is 3.88. The second-order valence-corrected chi connectivity index (χ2v) is 5.37. The third kappa shape index (κ3) is 2.24. The molecule has 7 heteroatoms. The molecule has 0 saturated carbocycles. The maximum atomic E-state index is 12.6. The molecule has 0 aromatic heterocycles. The Balaban J connectivity index is 1.99. The van der Waals surface area contributed by atoms with Gasteiger partial charge in [0.15, 0.2) is 0 Å². The number of fused-ring (bicyclic) bond motifs is 1. The van der Waals surface area contributed by atoms with Crippen molar-refractivity contribution in [3.05, 3.63) is 35.4 Å². The highest BCUT2D eigenvalue weighted by Crippen LogP contribution is 2.35. The number of nitrogens with zero attached hydrogens (tertiary/aromatic N) is 1. The molecule has 7 nitrogen and oxygen atoms in total. The zero-order chi connectivity index (χ0) is 15.9. The molecule has 2 aliphatic heterocycles. The van der Waals surface area contributed by atoms with E-state index in [4.69, 9.17) is 0 Å². The number of carbonyl (C=O) groups is 4. The monoisotopic (exact) mass is 301 g/mol. The molecule has 2 N–H and O–H groups in total. The van der Waals surface area contributed by atoms with Gasteiger partial charge in [-0.15, -0.1) is 0 Å². The van der Waals surface area contributed by atoms with Crippen LogP contribution in [0.4, 0.5) is 0 Å². The minimum atomic E-state index is -0.769. The average Bonchev–Trinajstić information content (AvgIpc) is 2.73. The second-order valence-electron chi connectivity index (χ2n) is 5.37. The summed E-state index contributed by atoms with van der Waals surface area (Å²) in [7, 11) is 0. The molecular weight excluding hydrogens is 286 g/mol. The molecule has 114 valence electrons. The van der Waals surface area contributed by atoms with Gasteiger partial charge in [0.05, 0.1) is 0 Å². The lowest BCUT2D eigenvalue weighted by Gasteiger charge is -2.34. The van der Waals surface area contributed by atoms with Crippen molar-refractivity contribution in [1.29, 1.82) is 0 Å². The molecule has 1 aromatic carbocycles. The highest BCUT2D eigenvalue weighted by Gasteiger charge is 2.45. The SMILES string of the molecule is CC(=O)NC1c2ccccc2C(=O)N1C1CCC(=O)NC1=O. The summed E-state index contributed by atoms with van der Waals surface area (Å²) in [5, 5.41) is 4.95. The average molecular weight is 301 g/mol. The van der Waals surface area contributed by atoms with Gasteiger partial charge in [0.25, 0.3) is 5.91 Å². The molecule has 0 bridgehead atoms. The van der Waals surface area contributed by atoms with Crippen molar-refractivity contribution in [1.82, 2.24) is 15.5 Å². The first-order chi connectivity index (χ1) is 10.5. The summed E-state index contributed by atoms with van der Waals surface area (Å²) >= 11 is 0. The van der Waals surface area contributed by atoms with Gasteiger partial charge in [0, 0.05) is 24.5 Å². The fraction of sp³-hybridized carbons (Fsp3) is 0.333. The molecule has 1 aromatic rings. The smallest absolute Gasteiger partial charge is 0.256 e. The maximum Gasteiger partial charge on any atom is 0.256 e. The number of hydrogen-bond donors (Lipinski definition) is 2. The van der Waals surface area contributed by atoms with Crippen LogP contribution in [0.3, 0.4) is 0 Å². The van der Waals surface area contributed by atoms with Gasteiger partial charge in [-0.25, -0.2) is 0 Å². The van der Waals surface area contributed by atoms with E-state index < -0.39 is 18.1 Å². The van der Waals surface area contributed by atoms with E-state index >= 15 is 0 Å². The van der Waals surface area contributed by atoms with E-state index in [1.54, 1.807) is 24.3 Å². The van der Waals surface area contributed by atoms with Crippen LogP contribution in [0.15, 0.2) is 24.3 Å². The van der Waals surface area contributed by atoms with Gasteiger partial charge in [-0.2, -0.15) is 0 Å². The fourth-order valence-corrected chi connectivity index (χ4v) is 2.95. The zero-order valence-corrected chi connectivity index (χ0v) is 12.0. The van der Waals surface area contributed by atoms with Crippen LogP contribution in [0.2, 0.25) is 0 Å². The van der Waals surface area contributed by atoms with Crippen LogP contribution in [-0.4, -0.2) is 34.6 Å². The topological polar surface area (TPSA) is 95.6 Å². The Bertz CT molecular complexity index is 685. The Morgan fingerprint density at radius 3 is 2.68 bits per heavy atom. The van der Waals surface area contributed by atoms with Gasteiger partial charge < -0.3 is 10.2 Å². The van der Waals surface area contributed by atoms with Crippen molar-refractivity contribution in [2.24, 2.45) is 0 Å². The maximum absolute atomic E-state index is 12.6. The molecule has 2 unspecified atom stereocenters. The van der Waals surface area contributed by atoms with E-state index in [1.807, 2.05) is 0 Å². The molecular formula is C15H15N3O4. The highest BCUT2D eigenvalue weighted by molar-refractivity contribution is 6.06. The van der Waals surface area contributed by atoms with Crippen molar-refractivity contribution in [3.63, 3.8) is 0 Å². The Morgan fingerprint density at radius 1 is 1.27 bits per heavy atom. The summed E-state index contributed by atoms with van der Waals surface area (Å²) in [6.07, 6.45) is -0.269. The summed E-state index contributed by atoms with van der Waals surface area (Å²) < 4.78 is 0. The van der Waals surface area contributed by atoms with Gasteiger partial charge >= 0.3 is 0 Å². The van der Waals surface area contributed by atoms with Gasteiger partial charge in [-0.05, 0) is 12.5 Å². The molecule has 4 amide bonds. The van der Waals surface area contributed by atoms with E-state index in [1.165, 1.54) is 11.8 Å². The largest absolute Gasteiger partial charge is 0.332 e. The molecule has 1 fully saturated rings. The Labute approximate surface area is 126 Å². The molecule has 2 aliphatic rings. The Morgan fingerprint density at radius 2 is 2.00 bits per heavy atom. The van der Waals surface area contributed by atoms with Gasteiger partial charge in [-0.3, -0.25) is 24.5 Å². The minimum absolute atomic E-state index is 0.170. The number of carbonyl (C=O) groups excluding carboxylic acids is 4. The lowest BCUT2D eigenvalue weighted by atomic mass is 10.0. The molecule has 2 atom stereocenters. The third-order valence-electron chi connectivity index (χ3n) is 3.88. The van der Waals surface area contributed by atoms with Crippen LogP contribution in [-0.2, 0) is 14.4 Å². The van der Waals surface area contributed by atoms with E-state index in [2.05, 4.69) is 10.6 Å². The van der Waals surface area contributed by atoms with Gasteiger partial charge in [-0.1, -0.05) is 18.2 Å². The number of rotatable bonds is 2. The highest BCUT2D eigenvalue weighted by atomic mass is 16.2. The quantitative estimate of drug-likeness (QED) is 0.756. The number of benzene rings is 1. The number of nitrogens with one attached hydrogen (secondary N) is 2. The molecule has 1 saturated heterocycles. The van der Waals surface area contributed by atoms with Gasteiger partial charge in [0.1, 0.15) is 12.2 Å². The summed E-state index contributed by atoms with van der Waals surface area (Å²) in [5.41, 5.74) is 1.12. The normalized spacial score (nSPS) is 24.0. The Hall–Kier alpha value is -2.70. The van der Waals surface area contributed by atoms with E-state index in [0.717, 1.165) is 0 Å². The number of imide groups is 1. The van der Waals surface area contributed by atoms with Crippen molar-refractivity contribution in [2.45, 2.75) is 32.0 Å². The second kappa shape index (κ2) is 5.25. The van der Waals surface area contributed by atoms with Crippen molar-refractivity contribution < 1.29 is 19.2 Å². The first-order valence-corrected chi connectivity index (χ1v) is 7.01. The van der Waals surface area contributed by atoms with Crippen LogP contribution in [0.1, 0.15) is 41.9 Å². The standard InChI is InChI=1S/C15H15N3O4/c1-8(19)16-13-9-4-2-3-5-10(9)15(22)18(13)11-6-7-12(20)17-14(11)21/h2-5,11,13H,6-7H2,1H3,(H,16,19)(H,17,20,21). The molecule has 0 radical (unpaired) electrons. The lowest BCUT2D eigenvalue weighted by Crippen LogP contribution is -2.55. The van der Waals surface area contributed by atoms with Crippen LogP contribution in [0.5, 0.6) is 0 Å². The molecule has 22 heavy (non-hydrogen) atoms. The van der Waals surface area contributed by atoms with Crippen molar-refractivity contribution >= 4 is 23.6 Å².